The lowest BCUT2D eigenvalue weighted by molar-refractivity contribution is -0.143. The number of ether oxygens (including phenoxy) is 1. The largest absolute Gasteiger partial charge is 0.480 e. The van der Waals surface area contributed by atoms with Crippen molar-refractivity contribution in [2.75, 3.05) is 18.5 Å². The summed E-state index contributed by atoms with van der Waals surface area (Å²) >= 11 is 1.22. The SMILES string of the molecule is Cc1csc(NC(=O)NC(=O)COCC(=O)O)n1. The van der Waals surface area contributed by atoms with E-state index in [0.717, 1.165) is 5.69 Å². The molecule has 1 aromatic heterocycles. The zero-order valence-electron chi connectivity index (χ0n) is 9.43. The molecule has 0 bridgehead atoms. The fourth-order valence-electron chi connectivity index (χ4n) is 0.934. The molecule has 18 heavy (non-hydrogen) atoms. The van der Waals surface area contributed by atoms with E-state index in [1.807, 2.05) is 5.32 Å². The number of imide groups is 1. The van der Waals surface area contributed by atoms with Crippen LogP contribution in [0, 0.1) is 6.92 Å². The van der Waals surface area contributed by atoms with Crippen LogP contribution in [0.4, 0.5) is 9.93 Å². The summed E-state index contributed by atoms with van der Waals surface area (Å²) in [6.07, 6.45) is 0. The van der Waals surface area contributed by atoms with E-state index in [0.29, 0.717) is 5.13 Å². The minimum absolute atomic E-state index is 0.365. The first-order valence-electron chi connectivity index (χ1n) is 4.80. The molecule has 1 heterocycles. The molecule has 3 N–H and O–H groups in total. The number of carboxylic acid groups (broad SMARTS) is 1. The molecule has 0 radical (unpaired) electrons. The molecule has 0 unspecified atom stereocenters. The second-order valence-electron chi connectivity index (χ2n) is 3.18. The maximum absolute atomic E-state index is 11.3. The van der Waals surface area contributed by atoms with Crippen molar-refractivity contribution in [3.8, 4) is 0 Å². The van der Waals surface area contributed by atoms with Crippen LogP contribution in [-0.2, 0) is 14.3 Å². The summed E-state index contributed by atoms with van der Waals surface area (Å²) in [4.78, 5) is 36.5. The number of carbonyl (C=O) groups excluding carboxylic acids is 2. The van der Waals surface area contributed by atoms with Gasteiger partial charge in [-0.2, -0.15) is 0 Å². The van der Waals surface area contributed by atoms with Crippen LogP contribution < -0.4 is 10.6 Å². The second-order valence-corrected chi connectivity index (χ2v) is 4.04. The molecule has 3 amide bonds. The molecule has 1 aromatic rings. The molecule has 0 saturated carbocycles. The number of hydrogen-bond donors (Lipinski definition) is 3. The number of rotatable bonds is 5. The summed E-state index contributed by atoms with van der Waals surface area (Å²) in [5, 5.41) is 14.7. The lowest BCUT2D eigenvalue weighted by Gasteiger charge is -2.04. The number of carbonyl (C=O) groups is 3. The van der Waals surface area contributed by atoms with Crippen LogP contribution in [0.3, 0.4) is 0 Å². The first-order valence-corrected chi connectivity index (χ1v) is 5.68. The van der Waals surface area contributed by atoms with E-state index in [9.17, 15) is 14.4 Å². The number of anilines is 1. The molecular formula is C9H11N3O5S. The molecule has 0 aliphatic heterocycles. The molecule has 0 spiro atoms. The number of amides is 3. The van der Waals surface area contributed by atoms with Crippen molar-refractivity contribution in [3.05, 3.63) is 11.1 Å². The Morgan fingerprint density at radius 3 is 2.72 bits per heavy atom. The number of thiazole rings is 1. The van der Waals surface area contributed by atoms with E-state index in [4.69, 9.17) is 5.11 Å². The number of aliphatic carboxylic acids is 1. The average molecular weight is 273 g/mol. The van der Waals surface area contributed by atoms with Gasteiger partial charge in [0.1, 0.15) is 13.2 Å². The highest BCUT2D eigenvalue weighted by molar-refractivity contribution is 7.13. The van der Waals surface area contributed by atoms with E-state index in [1.165, 1.54) is 11.3 Å². The van der Waals surface area contributed by atoms with Gasteiger partial charge in [0.05, 0.1) is 5.69 Å². The Morgan fingerprint density at radius 1 is 1.44 bits per heavy atom. The van der Waals surface area contributed by atoms with Crippen LogP contribution in [0.15, 0.2) is 5.38 Å². The number of carboxylic acids is 1. The maximum atomic E-state index is 11.3. The lowest BCUT2D eigenvalue weighted by Crippen LogP contribution is -2.37. The molecule has 9 heteroatoms. The Kier molecular flexibility index (Phi) is 5.21. The summed E-state index contributed by atoms with van der Waals surface area (Å²) in [7, 11) is 0. The van der Waals surface area contributed by atoms with E-state index >= 15 is 0 Å². The van der Waals surface area contributed by atoms with Crippen molar-refractivity contribution in [3.63, 3.8) is 0 Å². The summed E-state index contributed by atoms with van der Waals surface area (Å²) < 4.78 is 4.51. The number of nitrogens with one attached hydrogen (secondary N) is 2. The number of urea groups is 1. The Balaban J connectivity index is 2.27. The summed E-state index contributed by atoms with van der Waals surface area (Å²) in [5.74, 6) is -1.92. The molecule has 0 aliphatic rings. The third kappa shape index (κ3) is 5.37. The Morgan fingerprint density at radius 2 is 2.17 bits per heavy atom. The molecule has 98 valence electrons. The Hall–Kier alpha value is -2.00. The first kappa shape index (κ1) is 14.1. The maximum Gasteiger partial charge on any atom is 0.329 e. The van der Waals surface area contributed by atoms with Crippen LogP contribution in [0.1, 0.15) is 5.69 Å². The van der Waals surface area contributed by atoms with Gasteiger partial charge < -0.3 is 9.84 Å². The highest BCUT2D eigenvalue weighted by Gasteiger charge is 2.10. The Bertz CT molecular complexity index is 459. The standard InChI is InChI=1S/C9H11N3O5S/c1-5-4-18-9(10-5)12-8(16)11-6(13)2-17-3-7(14)15/h4H,2-3H2,1H3,(H,14,15)(H2,10,11,12,13,16). The van der Waals surface area contributed by atoms with E-state index < -0.39 is 31.1 Å². The summed E-state index contributed by atoms with van der Waals surface area (Å²) in [5.41, 5.74) is 0.756. The van der Waals surface area contributed by atoms with Gasteiger partial charge in [-0.3, -0.25) is 15.4 Å². The topological polar surface area (TPSA) is 118 Å². The van der Waals surface area contributed by atoms with Gasteiger partial charge >= 0.3 is 12.0 Å². The molecule has 0 aliphatic carbocycles. The fourth-order valence-corrected chi connectivity index (χ4v) is 1.62. The van der Waals surface area contributed by atoms with Gasteiger partial charge in [0.15, 0.2) is 5.13 Å². The quantitative estimate of drug-likeness (QED) is 0.705. The molecule has 1 rings (SSSR count). The van der Waals surface area contributed by atoms with Crippen molar-refractivity contribution in [1.82, 2.24) is 10.3 Å². The predicted molar refractivity (Wildman–Crippen MR) is 62.5 cm³/mol. The third-order valence-electron chi connectivity index (χ3n) is 1.55. The number of aromatic nitrogens is 1. The number of nitrogens with zero attached hydrogens (tertiary/aromatic N) is 1. The molecule has 0 fully saturated rings. The monoisotopic (exact) mass is 273 g/mol. The van der Waals surface area contributed by atoms with Crippen molar-refractivity contribution >= 4 is 34.4 Å². The van der Waals surface area contributed by atoms with Crippen LogP contribution in [0.25, 0.3) is 0 Å². The lowest BCUT2D eigenvalue weighted by atomic mass is 10.6. The zero-order chi connectivity index (χ0) is 13.5. The zero-order valence-corrected chi connectivity index (χ0v) is 10.2. The highest BCUT2D eigenvalue weighted by atomic mass is 32.1. The molecule has 0 atom stereocenters. The van der Waals surface area contributed by atoms with Gasteiger partial charge in [0, 0.05) is 5.38 Å². The molecular weight excluding hydrogens is 262 g/mol. The second kappa shape index (κ2) is 6.67. The van der Waals surface area contributed by atoms with E-state index in [1.54, 1.807) is 12.3 Å². The van der Waals surface area contributed by atoms with Crippen molar-refractivity contribution in [2.45, 2.75) is 6.92 Å². The molecule has 0 saturated heterocycles. The van der Waals surface area contributed by atoms with Crippen molar-refractivity contribution in [1.29, 1.82) is 0 Å². The minimum Gasteiger partial charge on any atom is -0.480 e. The molecule has 8 nitrogen and oxygen atoms in total. The van der Waals surface area contributed by atoms with Crippen LogP contribution in [0.2, 0.25) is 0 Å². The Labute approximate surface area is 106 Å². The van der Waals surface area contributed by atoms with Gasteiger partial charge in [-0.25, -0.2) is 14.6 Å². The summed E-state index contributed by atoms with van der Waals surface area (Å²) in [6, 6.07) is -0.742. The van der Waals surface area contributed by atoms with E-state index in [-0.39, 0.29) is 0 Å². The summed E-state index contributed by atoms with van der Waals surface area (Å²) in [6.45, 7) is 0.668. The smallest absolute Gasteiger partial charge is 0.329 e. The van der Waals surface area contributed by atoms with Crippen molar-refractivity contribution in [2.24, 2.45) is 0 Å². The highest BCUT2D eigenvalue weighted by Crippen LogP contribution is 2.13. The van der Waals surface area contributed by atoms with Gasteiger partial charge in [-0.1, -0.05) is 0 Å². The first-order chi connectivity index (χ1) is 8.47. The van der Waals surface area contributed by atoms with Crippen LogP contribution in [0.5, 0.6) is 0 Å². The van der Waals surface area contributed by atoms with E-state index in [2.05, 4.69) is 15.0 Å². The number of hydrogen-bond acceptors (Lipinski definition) is 6. The fraction of sp³-hybridized carbons (Fsp3) is 0.333. The third-order valence-corrected chi connectivity index (χ3v) is 2.43. The average Bonchev–Trinajstić information content (AvgIpc) is 2.62. The van der Waals surface area contributed by atoms with Crippen LogP contribution >= 0.6 is 11.3 Å². The minimum atomic E-state index is -1.19. The number of aryl methyl sites for hydroxylation is 1. The van der Waals surface area contributed by atoms with Gasteiger partial charge in [0.2, 0.25) is 0 Å². The van der Waals surface area contributed by atoms with Crippen molar-refractivity contribution < 1.29 is 24.2 Å². The van der Waals surface area contributed by atoms with Gasteiger partial charge in [-0.15, -0.1) is 11.3 Å². The molecule has 0 aromatic carbocycles. The van der Waals surface area contributed by atoms with Gasteiger partial charge in [-0.05, 0) is 6.92 Å². The predicted octanol–water partition coefficient (Wildman–Crippen LogP) is 0.201. The normalized spacial score (nSPS) is 9.83. The van der Waals surface area contributed by atoms with Crippen LogP contribution in [-0.4, -0.2) is 41.2 Å². The van der Waals surface area contributed by atoms with Gasteiger partial charge in [0.25, 0.3) is 5.91 Å².